The highest BCUT2D eigenvalue weighted by atomic mass is 35.5. The molecule has 3 unspecified atom stereocenters. The number of rotatable bonds is 0. The van der Waals surface area contributed by atoms with Crippen LogP contribution >= 0.6 is 0 Å². The molecule has 3 aliphatic rings. The van der Waals surface area contributed by atoms with Crippen LogP contribution in [0.15, 0.2) is 0 Å². The molecule has 0 aromatic rings. The van der Waals surface area contributed by atoms with Gasteiger partial charge in [-0.3, -0.25) is 0 Å². The first kappa shape index (κ1) is 9.75. The maximum atomic E-state index is 2.75. The molecule has 13 heavy (non-hydrogen) atoms. The highest BCUT2D eigenvalue weighted by molar-refractivity contribution is 4.79. The van der Waals surface area contributed by atoms with E-state index in [1.165, 1.54) is 62.9 Å². The summed E-state index contributed by atoms with van der Waals surface area (Å²) in [5.41, 5.74) is 0. The quantitative estimate of drug-likeness (QED) is 0.413. The minimum absolute atomic E-state index is 0. The average molecular weight is 203 g/mol. The number of piperidine rings is 1. The third-order valence-corrected chi connectivity index (χ3v) is 4.25. The maximum Gasteiger partial charge on any atom is 0.145 e. The largest absolute Gasteiger partial charge is 1.00 e. The summed E-state index contributed by atoms with van der Waals surface area (Å²) < 4.78 is 1.49. The van der Waals surface area contributed by atoms with Crippen molar-refractivity contribution in [3.63, 3.8) is 0 Å². The number of nitrogens with zero attached hydrogens (tertiary/aromatic N) is 2. The van der Waals surface area contributed by atoms with Crippen LogP contribution in [-0.4, -0.2) is 48.3 Å². The smallest absolute Gasteiger partial charge is 0.145 e. The van der Waals surface area contributed by atoms with Gasteiger partial charge in [0.05, 0.1) is 26.2 Å². The highest BCUT2D eigenvalue weighted by Gasteiger charge is 2.49. The normalized spacial score (nSPS) is 48.0. The van der Waals surface area contributed by atoms with Crippen LogP contribution in [0.25, 0.3) is 0 Å². The van der Waals surface area contributed by atoms with Crippen molar-refractivity contribution in [3.8, 4) is 0 Å². The standard InChI is InChI=1S/C10H19N2.ClH/c1-2-7-12-8-3-5-11(6-9-12)10(12)4-1;/h10H,1-9H2;1H/q+1;/p-1. The van der Waals surface area contributed by atoms with E-state index in [0.717, 1.165) is 6.17 Å². The van der Waals surface area contributed by atoms with Gasteiger partial charge in [0.15, 0.2) is 0 Å². The van der Waals surface area contributed by atoms with Gasteiger partial charge in [-0.15, -0.1) is 0 Å². The Morgan fingerprint density at radius 1 is 0.923 bits per heavy atom. The van der Waals surface area contributed by atoms with Crippen molar-refractivity contribution in [1.82, 2.24) is 4.90 Å². The maximum absolute atomic E-state index is 2.75. The molecule has 0 radical (unpaired) electrons. The van der Waals surface area contributed by atoms with Crippen LogP contribution in [0, 0.1) is 0 Å². The number of hydrogen-bond donors (Lipinski definition) is 0. The van der Waals surface area contributed by atoms with Crippen molar-refractivity contribution in [2.75, 3.05) is 32.7 Å². The summed E-state index contributed by atoms with van der Waals surface area (Å²) in [6.45, 7) is 7.22. The molecule has 0 amide bonds. The number of hydrogen-bond acceptors (Lipinski definition) is 1. The van der Waals surface area contributed by atoms with E-state index in [1.807, 2.05) is 0 Å². The van der Waals surface area contributed by atoms with E-state index >= 15 is 0 Å². The van der Waals surface area contributed by atoms with E-state index in [2.05, 4.69) is 4.90 Å². The Balaban J connectivity index is 0.000000653. The van der Waals surface area contributed by atoms with Crippen molar-refractivity contribution in [2.45, 2.75) is 31.8 Å². The first-order valence-electron chi connectivity index (χ1n) is 5.51. The zero-order valence-corrected chi connectivity index (χ0v) is 8.97. The molecule has 0 aromatic carbocycles. The fraction of sp³-hybridized carbons (Fsp3) is 1.00. The van der Waals surface area contributed by atoms with Gasteiger partial charge in [-0.25, -0.2) is 4.90 Å². The fourth-order valence-electron chi connectivity index (χ4n) is 3.67. The molecule has 3 heterocycles. The molecule has 3 rings (SSSR count). The molecule has 0 saturated carbocycles. The van der Waals surface area contributed by atoms with Crippen LogP contribution in [0.3, 0.4) is 0 Å². The Morgan fingerprint density at radius 2 is 1.77 bits per heavy atom. The Labute approximate surface area is 86.9 Å². The number of halogens is 1. The molecule has 2 bridgehead atoms. The lowest BCUT2D eigenvalue weighted by molar-refractivity contribution is -0.953. The van der Waals surface area contributed by atoms with Crippen molar-refractivity contribution in [2.24, 2.45) is 0 Å². The van der Waals surface area contributed by atoms with Crippen LogP contribution in [0.1, 0.15) is 25.7 Å². The Hall–Kier alpha value is 0.210. The predicted molar refractivity (Wildman–Crippen MR) is 48.7 cm³/mol. The van der Waals surface area contributed by atoms with E-state index in [0.29, 0.717) is 0 Å². The van der Waals surface area contributed by atoms with Crippen LogP contribution in [0.2, 0.25) is 0 Å². The van der Waals surface area contributed by atoms with Crippen molar-refractivity contribution < 1.29 is 16.9 Å². The van der Waals surface area contributed by atoms with Crippen molar-refractivity contribution in [1.29, 1.82) is 0 Å². The molecule has 2 nitrogen and oxygen atoms in total. The average Bonchev–Trinajstić information content (AvgIpc) is 2.35. The van der Waals surface area contributed by atoms with Gasteiger partial charge in [-0.1, -0.05) is 0 Å². The molecule has 3 heteroatoms. The van der Waals surface area contributed by atoms with E-state index in [4.69, 9.17) is 0 Å². The van der Waals surface area contributed by atoms with Gasteiger partial charge < -0.3 is 16.9 Å². The predicted octanol–water partition coefficient (Wildman–Crippen LogP) is -1.96. The molecule has 3 aliphatic heterocycles. The third-order valence-electron chi connectivity index (χ3n) is 4.25. The fourth-order valence-corrected chi connectivity index (χ4v) is 3.67. The van der Waals surface area contributed by atoms with E-state index < -0.39 is 0 Å². The van der Waals surface area contributed by atoms with Crippen molar-refractivity contribution in [3.05, 3.63) is 0 Å². The second-order valence-electron chi connectivity index (χ2n) is 4.76. The first-order valence-corrected chi connectivity index (χ1v) is 5.51. The molecule has 3 saturated heterocycles. The van der Waals surface area contributed by atoms with Gasteiger partial charge in [0.2, 0.25) is 0 Å². The van der Waals surface area contributed by atoms with Crippen LogP contribution in [0.5, 0.6) is 0 Å². The summed E-state index contributed by atoms with van der Waals surface area (Å²) in [4.78, 5) is 2.75. The Kier molecular flexibility index (Phi) is 2.56. The van der Waals surface area contributed by atoms with E-state index in [-0.39, 0.29) is 12.4 Å². The molecule has 76 valence electrons. The molecule has 0 aromatic heterocycles. The van der Waals surface area contributed by atoms with Crippen LogP contribution in [0.4, 0.5) is 0 Å². The number of quaternary nitrogens is 1. The lowest BCUT2D eigenvalue weighted by Crippen LogP contribution is -3.00. The zero-order chi connectivity index (χ0) is 8.02. The molecule has 3 atom stereocenters. The summed E-state index contributed by atoms with van der Waals surface area (Å²) in [5, 5.41) is 0. The first-order chi connectivity index (χ1) is 5.91. The van der Waals surface area contributed by atoms with E-state index in [1.54, 1.807) is 0 Å². The highest BCUT2D eigenvalue weighted by Crippen LogP contribution is 2.36. The lowest BCUT2D eigenvalue weighted by atomic mass is 10.0. The SMILES string of the molecule is C1CC[N+]23CCCN(CC2)C3C1.[Cl-]. The molecular weight excluding hydrogens is 184 g/mol. The zero-order valence-electron chi connectivity index (χ0n) is 8.21. The van der Waals surface area contributed by atoms with E-state index in [9.17, 15) is 0 Å². The topological polar surface area (TPSA) is 3.24 Å². The van der Waals surface area contributed by atoms with Gasteiger partial charge >= 0.3 is 0 Å². The van der Waals surface area contributed by atoms with Gasteiger partial charge in [0.1, 0.15) is 6.17 Å². The van der Waals surface area contributed by atoms with Gasteiger partial charge in [-0.05, 0) is 12.8 Å². The monoisotopic (exact) mass is 202 g/mol. The second-order valence-corrected chi connectivity index (χ2v) is 4.76. The minimum atomic E-state index is 0. The Bertz CT molecular complexity index is 188. The summed E-state index contributed by atoms with van der Waals surface area (Å²) in [7, 11) is 0. The van der Waals surface area contributed by atoms with Crippen LogP contribution in [-0.2, 0) is 0 Å². The molecule has 0 N–H and O–H groups in total. The molecule has 0 spiro atoms. The Morgan fingerprint density at radius 3 is 2.62 bits per heavy atom. The van der Waals surface area contributed by atoms with Crippen LogP contribution < -0.4 is 12.4 Å². The summed E-state index contributed by atoms with van der Waals surface area (Å²) in [5.74, 6) is 0. The van der Waals surface area contributed by atoms with Gasteiger partial charge in [0.25, 0.3) is 0 Å². The van der Waals surface area contributed by atoms with Gasteiger partial charge in [-0.2, -0.15) is 0 Å². The lowest BCUT2D eigenvalue weighted by Gasteiger charge is -2.47. The summed E-state index contributed by atoms with van der Waals surface area (Å²) in [6, 6.07) is 0. The summed E-state index contributed by atoms with van der Waals surface area (Å²) >= 11 is 0. The molecular formula is C10H19ClN2. The summed E-state index contributed by atoms with van der Waals surface area (Å²) in [6.07, 6.45) is 6.87. The van der Waals surface area contributed by atoms with Gasteiger partial charge in [0, 0.05) is 19.4 Å². The third kappa shape index (κ3) is 1.31. The molecule has 3 fully saturated rings. The van der Waals surface area contributed by atoms with Crippen molar-refractivity contribution >= 4 is 0 Å². The minimum Gasteiger partial charge on any atom is -1.00 e. The molecule has 0 aliphatic carbocycles. The second kappa shape index (κ2) is 3.41.